The maximum absolute atomic E-state index is 12.4. The quantitative estimate of drug-likeness (QED) is 0.796. The third-order valence-corrected chi connectivity index (χ3v) is 4.74. The van der Waals surface area contributed by atoms with E-state index in [9.17, 15) is 14.4 Å². The van der Waals surface area contributed by atoms with E-state index >= 15 is 0 Å². The van der Waals surface area contributed by atoms with Gasteiger partial charge >= 0.3 is 5.97 Å². The number of aryl methyl sites for hydroxylation is 1. The number of nitrogens with zero attached hydrogens (tertiary/aromatic N) is 2. The number of rotatable bonds is 6. The number of carbonyl (C=O) groups is 2. The Balaban J connectivity index is 1.72. The number of hydrogen-bond acceptors (Lipinski definition) is 5. The molecule has 1 N–H and O–H groups in total. The van der Waals surface area contributed by atoms with Crippen LogP contribution in [0.2, 0.25) is 0 Å². The van der Waals surface area contributed by atoms with Gasteiger partial charge in [-0.25, -0.2) is 9.78 Å². The fraction of sp³-hybridized carbons (Fsp3) is 0.474. The summed E-state index contributed by atoms with van der Waals surface area (Å²) in [6.07, 6.45) is 3.31. The number of hydrogen-bond donors (Lipinski definition) is 1. The van der Waals surface area contributed by atoms with Crippen molar-refractivity contribution in [2.24, 2.45) is 0 Å². The molecule has 0 bridgehead atoms. The number of carbonyl (C=O) groups excluding carboxylic acids is 2. The molecule has 0 saturated heterocycles. The second-order valence-electron chi connectivity index (χ2n) is 6.48. The van der Waals surface area contributed by atoms with E-state index < -0.39 is 5.97 Å². The fourth-order valence-electron chi connectivity index (χ4n) is 3.19. The summed E-state index contributed by atoms with van der Waals surface area (Å²) in [5.74, 6) is -0.173. The number of amides is 1. The van der Waals surface area contributed by atoms with Crippen molar-refractivity contribution in [1.82, 2.24) is 14.9 Å². The first kappa shape index (κ1) is 18.1. The molecule has 0 saturated carbocycles. The fourth-order valence-corrected chi connectivity index (χ4v) is 3.19. The summed E-state index contributed by atoms with van der Waals surface area (Å²) >= 11 is 0. The summed E-state index contributed by atoms with van der Waals surface area (Å²) in [5.41, 5.74) is 0.689. The van der Waals surface area contributed by atoms with Crippen LogP contribution in [0, 0.1) is 0 Å². The summed E-state index contributed by atoms with van der Waals surface area (Å²) in [5, 5.41) is 3.30. The Morgan fingerprint density at radius 3 is 2.81 bits per heavy atom. The second kappa shape index (κ2) is 7.68. The minimum Gasteiger partial charge on any atom is -0.452 e. The smallest absolute Gasteiger partial charge is 0.338 e. The van der Waals surface area contributed by atoms with E-state index in [0.29, 0.717) is 17.4 Å². The first-order chi connectivity index (χ1) is 12.5. The Morgan fingerprint density at radius 1 is 1.31 bits per heavy atom. The van der Waals surface area contributed by atoms with Gasteiger partial charge < -0.3 is 10.1 Å². The van der Waals surface area contributed by atoms with Crippen LogP contribution >= 0.6 is 0 Å². The van der Waals surface area contributed by atoms with Gasteiger partial charge in [-0.3, -0.25) is 14.2 Å². The first-order valence-electron chi connectivity index (χ1n) is 9.03. The Bertz CT molecular complexity index is 900. The molecule has 138 valence electrons. The van der Waals surface area contributed by atoms with Crippen LogP contribution in [-0.2, 0) is 22.5 Å². The molecule has 7 nitrogen and oxygen atoms in total. The molecule has 26 heavy (non-hydrogen) atoms. The Labute approximate surface area is 151 Å². The van der Waals surface area contributed by atoms with Gasteiger partial charge in [-0.05, 0) is 37.5 Å². The minimum absolute atomic E-state index is 0.0769. The van der Waals surface area contributed by atoms with Crippen LogP contribution in [-0.4, -0.2) is 34.1 Å². The van der Waals surface area contributed by atoms with Gasteiger partial charge in [0.2, 0.25) is 0 Å². The van der Waals surface area contributed by atoms with Gasteiger partial charge in [-0.15, -0.1) is 0 Å². The van der Waals surface area contributed by atoms with E-state index in [0.717, 1.165) is 31.5 Å². The van der Waals surface area contributed by atoms with Crippen molar-refractivity contribution in [3.05, 3.63) is 39.9 Å². The third kappa shape index (κ3) is 3.61. The zero-order valence-corrected chi connectivity index (χ0v) is 15.1. The highest BCUT2D eigenvalue weighted by molar-refractivity contribution is 5.95. The third-order valence-electron chi connectivity index (χ3n) is 4.74. The van der Waals surface area contributed by atoms with Crippen molar-refractivity contribution in [1.29, 1.82) is 0 Å². The molecule has 1 amide bonds. The molecule has 1 aliphatic heterocycles. The molecule has 0 atom stereocenters. The standard InChI is InChI=1S/C19H23N3O4/c1-3-13(4-2)20-17(23)11-26-19(25)12-7-8-14-15(10-12)21-16-6-5-9-22(16)18(14)24/h7-8,10,13H,3-6,9,11H2,1-2H3,(H,20,23). The zero-order chi connectivity index (χ0) is 18.7. The SMILES string of the molecule is CCC(CC)NC(=O)COC(=O)c1ccc2c(=O)n3c(nc2c1)CCC3. The lowest BCUT2D eigenvalue weighted by atomic mass is 10.1. The monoisotopic (exact) mass is 357 g/mol. The van der Waals surface area contributed by atoms with Gasteiger partial charge in [0.25, 0.3) is 11.5 Å². The van der Waals surface area contributed by atoms with Gasteiger partial charge in [0.1, 0.15) is 5.82 Å². The first-order valence-corrected chi connectivity index (χ1v) is 9.03. The van der Waals surface area contributed by atoms with Crippen molar-refractivity contribution in [2.75, 3.05) is 6.61 Å². The van der Waals surface area contributed by atoms with E-state index in [4.69, 9.17) is 4.74 Å². The molecule has 1 aromatic heterocycles. The molecule has 1 aliphatic rings. The van der Waals surface area contributed by atoms with E-state index in [1.165, 1.54) is 6.07 Å². The maximum atomic E-state index is 12.4. The lowest BCUT2D eigenvalue weighted by Crippen LogP contribution is -2.36. The molecule has 0 spiro atoms. The van der Waals surface area contributed by atoms with Crippen LogP contribution in [0.5, 0.6) is 0 Å². The summed E-state index contributed by atoms with van der Waals surface area (Å²) in [6.45, 7) is 4.34. The molecule has 2 heterocycles. The zero-order valence-electron chi connectivity index (χ0n) is 15.1. The topological polar surface area (TPSA) is 90.3 Å². The van der Waals surface area contributed by atoms with Crippen LogP contribution in [0.4, 0.5) is 0 Å². The van der Waals surface area contributed by atoms with Crippen molar-refractivity contribution < 1.29 is 14.3 Å². The Kier molecular flexibility index (Phi) is 5.35. The number of ether oxygens (including phenoxy) is 1. The molecule has 0 aliphatic carbocycles. The van der Waals surface area contributed by atoms with Gasteiger partial charge in [0.05, 0.1) is 16.5 Å². The largest absolute Gasteiger partial charge is 0.452 e. The molecule has 7 heteroatoms. The van der Waals surface area contributed by atoms with Crippen LogP contribution in [0.25, 0.3) is 10.9 Å². The molecule has 0 radical (unpaired) electrons. The van der Waals surface area contributed by atoms with Gasteiger partial charge in [0.15, 0.2) is 6.61 Å². The minimum atomic E-state index is -0.603. The molecule has 0 unspecified atom stereocenters. The molecule has 2 aromatic rings. The lowest BCUT2D eigenvalue weighted by molar-refractivity contribution is -0.125. The number of aromatic nitrogens is 2. The highest BCUT2D eigenvalue weighted by Gasteiger charge is 2.18. The van der Waals surface area contributed by atoms with Crippen LogP contribution in [0.15, 0.2) is 23.0 Å². The summed E-state index contributed by atoms with van der Waals surface area (Å²) in [6, 6.07) is 4.77. The predicted molar refractivity (Wildman–Crippen MR) is 97.1 cm³/mol. The van der Waals surface area contributed by atoms with Crippen molar-refractivity contribution >= 4 is 22.8 Å². The number of nitrogens with one attached hydrogen (secondary N) is 1. The second-order valence-corrected chi connectivity index (χ2v) is 6.48. The Hall–Kier alpha value is -2.70. The average Bonchev–Trinajstić information content (AvgIpc) is 3.12. The van der Waals surface area contributed by atoms with Crippen molar-refractivity contribution in [3.8, 4) is 0 Å². The number of fused-ring (bicyclic) bond motifs is 2. The highest BCUT2D eigenvalue weighted by Crippen LogP contribution is 2.16. The van der Waals surface area contributed by atoms with Crippen molar-refractivity contribution in [3.63, 3.8) is 0 Å². The highest BCUT2D eigenvalue weighted by atomic mass is 16.5. The van der Waals surface area contributed by atoms with E-state index in [-0.39, 0.29) is 29.7 Å². The molecule has 1 aromatic carbocycles. The maximum Gasteiger partial charge on any atom is 0.338 e. The molecular formula is C19H23N3O4. The molecule has 3 rings (SSSR count). The average molecular weight is 357 g/mol. The number of esters is 1. The predicted octanol–water partition coefficient (Wildman–Crippen LogP) is 1.80. The van der Waals surface area contributed by atoms with Gasteiger partial charge in [-0.1, -0.05) is 13.8 Å². The molecular weight excluding hydrogens is 334 g/mol. The van der Waals surface area contributed by atoms with Crippen molar-refractivity contribution in [2.45, 2.75) is 52.1 Å². The van der Waals surface area contributed by atoms with Crippen LogP contribution in [0.1, 0.15) is 49.3 Å². The van der Waals surface area contributed by atoms with E-state index in [1.807, 2.05) is 13.8 Å². The van der Waals surface area contributed by atoms with Gasteiger partial charge in [0, 0.05) is 19.0 Å². The molecule has 0 fully saturated rings. The Morgan fingerprint density at radius 2 is 2.08 bits per heavy atom. The van der Waals surface area contributed by atoms with Crippen LogP contribution in [0.3, 0.4) is 0 Å². The van der Waals surface area contributed by atoms with E-state index in [2.05, 4.69) is 10.3 Å². The van der Waals surface area contributed by atoms with Crippen LogP contribution < -0.4 is 10.9 Å². The number of benzene rings is 1. The summed E-state index contributed by atoms with van der Waals surface area (Å²) in [4.78, 5) is 41.0. The summed E-state index contributed by atoms with van der Waals surface area (Å²) in [7, 11) is 0. The normalized spacial score (nSPS) is 13.0. The van der Waals surface area contributed by atoms with E-state index in [1.54, 1.807) is 16.7 Å². The van der Waals surface area contributed by atoms with Gasteiger partial charge in [-0.2, -0.15) is 0 Å². The lowest BCUT2D eigenvalue weighted by Gasteiger charge is -2.14. The summed E-state index contributed by atoms with van der Waals surface area (Å²) < 4.78 is 6.77.